The molecule has 10 nitrogen and oxygen atoms in total. The minimum Gasteiger partial charge on any atom is -0.443 e. The Morgan fingerprint density at radius 3 is 2.33 bits per heavy atom. The number of hydrogen-bond donors (Lipinski definition) is 2. The van der Waals surface area contributed by atoms with Crippen molar-refractivity contribution in [2.75, 3.05) is 5.32 Å². The lowest BCUT2D eigenvalue weighted by Crippen LogP contribution is -2.36. The van der Waals surface area contributed by atoms with Crippen molar-refractivity contribution in [1.82, 2.24) is 19.1 Å². The summed E-state index contributed by atoms with van der Waals surface area (Å²) >= 11 is 5.28. The Morgan fingerprint density at radius 2 is 1.71 bits per heavy atom. The molecule has 0 saturated carbocycles. The minimum absolute atomic E-state index is 0.00161. The summed E-state index contributed by atoms with van der Waals surface area (Å²) in [7, 11) is -4.45. The molecule has 2 N–H and O–H groups in total. The highest BCUT2D eigenvalue weighted by molar-refractivity contribution is 7.90. The Bertz CT molecular complexity index is 2090. The van der Waals surface area contributed by atoms with Crippen molar-refractivity contribution in [2.24, 2.45) is 0 Å². The van der Waals surface area contributed by atoms with Gasteiger partial charge in [0.25, 0.3) is 10.0 Å². The molecule has 0 radical (unpaired) electrons. The van der Waals surface area contributed by atoms with E-state index in [1.165, 1.54) is 36.4 Å². The highest BCUT2D eigenvalue weighted by atomic mass is 32.2. The van der Waals surface area contributed by atoms with Crippen LogP contribution in [0.15, 0.2) is 70.4 Å². The smallest absolute Gasteiger partial charge is 0.421 e. The molecule has 16 heteroatoms. The number of amides is 1. The Balaban J connectivity index is 1.75. The van der Waals surface area contributed by atoms with Gasteiger partial charge in [0.1, 0.15) is 17.2 Å². The maximum atomic E-state index is 15.8. The van der Waals surface area contributed by atoms with Crippen molar-refractivity contribution >= 4 is 39.0 Å². The number of rotatable bonds is 12. The average molecular weight is 750 g/mol. The van der Waals surface area contributed by atoms with Crippen LogP contribution < -0.4 is 15.7 Å². The molecule has 0 spiro atoms. The number of thiocarbonyl (C=S) groups is 1. The lowest BCUT2D eigenvalue weighted by atomic mass is 10.0. The first-order valence-corrected chi connectivity index (χ1v) is 18.1. The predicted octanol–water partition coefficient (Wildman–Crippen LogP) is 8.00. The molecule has 0 saturated heterocycles. The van der Waals surface area contributed by atoms with Crippen LogP contribution in [0.5, 0.6) is 0 Å². The SMILES string of the molecule is CCCCc1nn(-c2cc(NC(=S)CCC)ccc2C(F)(F)F)c(=O)n1Cc1ccc(-c2ccccc2S(=O)(=O)NC(=O)OC(C)(C)C)cc1F. The molecule has 0 aliphatic rings. The van der Waals surface area contributed by atoms with Crippen molar-refractivity contribution in [1.29, 1.82) is 0 Å². The van der Waals surface area contributed by atoms with E-state index in [4.69, 9.17) is 17.0 Å². The van der Waals surface area contributed by atoms with Crippen LogP contribution in [0.2, 0.25) is 0 Å². The molecule has 0 aliphatic carbocycles. The third-order valence-corrected chi connectivity index (χ3v) is 9.15. The third kappa shape index (κ3) is 9.82. The van der Waals surface area contributed by atoms with Crippen molar-refractivity contribution < 1.29 is 35.5 Å². The fourth-order valence-electron chi connectivity index (χ4n) is 5.16. The molecule has 1 aromatic heterocycles. The van der Waals surface area contributed by atoms with Crippen LogP contribution in [0.25, 0.3) is 16.8 Å². The van der Waals surface area contributed by atoms with Gasteiger partial charge in [-0.25, -0.2) is 27.1 Å². The summed E-state index contributed by atoms with van der Waals surface area (Å²) in [5.74, 6) is -0.657. The summed E-state index contributed by atoms with van der Waals surface area (Å²) < 4.78 is 93.4. The van der Waals surface area contributed by atoms with Gasteiger partial charge in [0.05, 0.1) is 27.7 Å². The minimum atomic E-state index is -4.82. The van der Waals surface area contributed by atoms with Crippen LogP contribution in [-0.4, -0.2) is 39.4 Å². The number of aryl methyl sites for hydroxylation is 1. The van der Waals surface area contributed by atoms with Gasteiger partial charge >= 0.3 is 18.0 Å². The predicted molar refractivity (Wildman–Crippen MR) is 190 cm³/mol. The quantitative estimate of drug-likeness (QED) is 0.110. The Hall–Kier alpha value is -4.57. The van der Waals surface area contributed by atoms with Crippen LogP contribution in [-0.2, 0) is 33.9 Å². The highest BCUT2D eigenvalue weighted by Crippen LogP contribution is 2.35. The Morgan fingerprint density at radius 1 is 1.00 bits per heavy atom. The first-order valence-electron chi connectivity index (χ1n) is 16.2. The number of nitrogens with one attached hydrogen (secondary N) is 2. The second-order valence-electron chi connectivity index (χ2n) is 12.7. The fraction of sp³-hybridized carbons (Fsp3) is 0.371. The van der Waals surface area contributed by atoms with E-state index in [1.54, 1.807) is 26.8 Å². The zero-order chi connectivity index (χ0) is 37.7. The molecule has 0 aliphatic heterocycles. The van der Waals surface area contributed by atoms with Gasteiger partial charge in [-0.1, -0.05) is 62.8 Å². The van der Waals surface area contributed by atoms with Gasteiger partial charge in [-0.15, -0.1) is 5.10 Å². The van der Waals surface area contributed by atoms with Crippen LogP contribution in [0.4, 0.5) is 28.0 Å². The molecule has 274 valence electrons. The van der Waals surface area contributed by atoms with E-state index in [0.717, 1.165) is 29.2 Å². The number of carbonyl (C=O) groups is 1. The monoisotopic (exact) mass is 749 g/mol. The van der Waals surface area contributed by atoms with Gasteiger partial charge in [0.2, 0.25) is 0 Å². The lowest BCUT2D eigenvalue weighted by molar-refractivity contribution is -0.137. The Labute approximate surface area is 298 Å². The zero-order valence-electron chi connectivity index (χ0n) is 28.7. The van der Waals surface area contributed by atoms with E-state index in [2.05, 4.69) is 10.4 Å². The molecule has 1 heterocycles. The second kappa shape index (κ2) is 15.8. The number of hydrogen-bond acceptors (Lipinski definition) is 7. The van der Waals surface area contributed by atoms with Crippen molar-refractivity contribution in [2.45, 2.75) is 89.9 Å². The van der Waals surface area contributed by atoms with Gasteiger partial charge in [0.15, 0.2) is 0 Å². The summed E-state index contributed by atoms with van der Waals surface area (Å²) in [5.41, 5.74) is -2.99. The summed E-state index contributed by atoms with van der Waals surface area (Å²) in [5, 5.41) is 7.20. The molecule has 51 heavy (non-hydrogen) atoms. The molecule has 3 aromatic carbocycles. The van der Waals surface area contributed by atoms with Gasteiger partial charge in [-0.2, -0.15) is 17.9 Å². The van der Waals surface area contributed by atoms with E-state index >= 15 is 4.39 Å². The van der Waals surface area contributed by atoms with E-state index < -0.39 is 50.7 Å². The number of benzene rings is 3. The van der Waals surface area contributed by atoms with E-state index in [-0.39, 0.29) is 46.1 Å². The van der Waals surface area contributed by atoms with Gasteiger partial charge < -0.3 is 10.1 Å². The van der Waals surface area contributed by atoms with Crippen molar-refractivity contribution in [3.63, 3.8) is 0 Å². The number of alkyl halides is 3. The van der Waals surface area contributed by atoms with Crippen LogP contribution in [0.1, 0.15) is 77.3 Å². The number of nitrogens with zero attached hydrogens (tertiary/aromatic N) is 3. The fourth-order valence-corrected chi connectivity index (χ4v) is 6.59. The van der Waals surface area contributed by atoms with Crippen molar-refractivity contribution in [3.05, 3.63) is 93.9 Å². The number of anilines is 1. The maximum absolute atomic E-state index is 15.8. The number of ether oxygens (including phenoxy) is 1. The summed E-state index contributed by atoms with van der Waals surface area (Å²) in [6.07, 6.45) is -3.30. The molecule has 1 amide bonds. The maximum Gasteiger partial charge on any atom is 0.421 e. The number of sulfonamides is 1. The number of halogens is 4. The first kappa shape index (κ1) is 39.2. The Kier molecular flexibility index (Phi) is 12.1. The summed E-state index contributed by atoms with van der Waals surface area (Å²) in [6.45, 7) is 8.15. The standard InChI is InChI=1S/C35H39F4N5O5S2/c1-6-8-14-30-41-44(28-20-24(40-31(50)11-7-2)17-18-26(28)35(37,38)39)33(46)43(30)21-23-16-15-22(19-27(23)36)25-12-9-10-13-29(25)51(47,48)42-32(45)49-34(3,4)5/h9-10,12-13,15-20H,6-8,11,14,21H2,1-5H3,(H,40,50)(H,42,45). The number of unbranched alkanes of at least 4 members (excludes halogenated alkanes) is 1. The van der Waals surface area contributed by atoms with Gasteiger partial charge in [-0.3, -0.25) is 4.57 Å². The van der Waals surface area contributed by atoms with Crippen LogP contribution >= 0.6 is 12.2 Å². The number of aromatic nitrogens is 3. The molecule has 0 fully saturated rings. The molecule has 0 bridgehead atoms. The van der Waals surface area contributed by atoms with Crippen LogP contribution in [0.3, 0.4) is 0 Å². The van der Waals surface area contributed by atoms with Crippen molar-refractivity contribution in [3.8, 4) is 16.8 Å². The summed E-state index contributed by atoms with van der Waals surface area (Å²) in [6, 6.07) is 12.8. The molecule has 0 unspecified atom stereocenters. The van der Waals surface area contributed by atoms with Gasteiger partial charge in [-0.05, 0) is 75.9 Å². The largest absolute Gasteiger partial charge is 0.443 e. The molecular formula is C35H39F4N5O5S2. The van der Waals surface area contributed by atoms with E-state index in [1.807, 2.05) is 18.6 Å². The zero-order valence-corrected chi connectivity index (χ0v) is 30.4. The van der Waals surface area contributed by atoms with Crippen LogP contribution in [0, 0.1) is 5.82 Å². The molecular weight excluding hydrogens is 711 g/mol. The van der Waals surface area contributed by atoms with E-state index in [0.29, 0.717) is 28.9 Å². The molecule has 4 rings (SSSR count). The average Bonchev–Trinajstić information content (AvgIpc) is 3.33. The molecule has 4 aromatic rings. The van der Waals surface area contributed by atoms with Gasteiger partial charge in [0, 0.05) is 23.2 Å². The molecule has 0 atom stereocenters. The lowest BCUT2D eigenvalue weighted by Gasteiger charge is -2.20. The summed E-state index contributed by atoms with van der Waals surface area (Å²) in [4.78, 5) is 26.2. The normalized spacial score (nSPS) is 12.1. The van der Waals surface area contributed by atoms with E-state index in [9.17, 15) is 31.2 Å². The highest BCUT2D eigenvalue weighted by Gasteiger charge is 2.35. The first-order chi connectivity index (χ1) is 23.8. The third-order valence-electron chi connectivity index (χ3n) is 7.47. The number of carbonyl (C=O) groups excluding carboxylic acids is 1. The topological polar surface area (TPSA) is 124 Å². The second-order valence-corrected chi connectivity index (χ2v) is 14.9.